The number of likely N-dealkylation sites (tertiary alicyclic amines) is 1. The van der Waals surface area contributed by atoms with Crippen LogP contribution in [0.3, 0.4) is 0 Å². The summed E-state index contributed by atoms with van der Waals surface area (Å²) in [6.07, 6.45) is 2.00. The second-order valence-electron chi connectivity index (χ2n) is 7.92. The van der Waals surface area contributed by atoms with Gasteiger partial charge in [0.2, 0.25) is 10.0 Å². The molecule has 1 fully saturated rings. The number of nitrogens with zero attached hydrogens (tertiary/aromatic N) is 1. The predicted molar refractivity (Wildman–Crippen MR) is 111 cm³/mol. The molecule has 1 aromatic carbocycles. The second kappa shape index (κ2) is 9.87. The van der Waals surface area contributed by atoms with Crippen LogP contribution in [0, 0.1) is 5.92 Å². The minimum absolute atomic E-state index is 0. The van der Waals surface area contributed by atoms with Crippen molar-refractivity contribution in [3.05, 3.63) is 29.8 Å². The van der Waals surface area contributed by atoms with Crippen LogP contribution in [0.1, 0.15) is 50.9 Å². The van der Waals surface area contributed by atoms with Gasteiger partial charge in [-0.25, -0.2) is 13.1 Å². The zero-order valence-electron chi connectivity index (χ0n) is 16.6. The van der Waals surface area contributed by atoms with Gasteiger partial charge in [0, 0.05) is 24.2 Å². The number of benzene rings is 1. The van der Waals surface area contributed by atoms with Crippen LogP contribution in [0.25, 0.3) is 0 Å². The molecule has 0 saturated carbocycles. The topological polar surface area (TPSA) is 78.5 Å². The van der Waals surface area contributed by atoms with Gasteiger partial charge in [-0.15, -0.1) is 12.4 Å². The fraction of sp³-hybridized carbons (Fsp3) is 0.632. The molecule has 0 aromatic heterocycles. The van der Waals surface area contributed by atoms with Gasteiger partial charge in [-0.2, -0.15) is 0 Å². The van der Waals surface area contributed by atoms with Gasteiger partial charge in [-0.1, -0.05) is 6.92 Å². The summed E-state index contributed by atoms with van der Waals surface area (Å²) in [4.78, 5) is 14.7. The van der Waals surface area contributed by atoms with E-state index in [2.05, 4.69) is 17.0 Å². The molecule has 0 aliphatic carbocycles. The molecule has 2 N–H and O–H groups in total. The minimum Gasteiger partial charge on any atom is -0.339 e. The molecule has 27 heavy (non-hydrogen) atoms. The summed E-state index contributed by atoms with van der Waals surface area (Å²) in [5.74, 6) is 0.592. The average molecular weight is 418 g/mol. The van der Waals surface area contributed by atoms with Gasteiger partial charge in [-0.05, 0) is 76.9 Å². The van der Waals surface area contributed by atoms with E-state index in [1.807, 2.05) is 4.90 Å². The molecule has 0 bridgehead atoms. The van der Waals surface area contributed by atoms with Crippen LogP contribution in [0.4, 0.5) is 0 Å². The Hall–Kier alpha value is -1.15. The first-order valence-electron chi connectivity index (χ1n) is 9.26. The van der Waals surface area contributed by atoms with Gasteiger partial charge in [0.15, 0.2) is 0 Å². The molecule has 0 spiro atoms. The molecule has 1 aliphatic rings. The van der Waals surface area contributed by atoms with Crippen molar-refractivity contribution >= 4 is 28.3 Å². The van der Waals surface area contributed by atoms with E-state index in [1.165, 1.54) is 12.1 Å². The maximum Gasteiger partial charge on any atom is 0.253 e. The number of carbonyl (C=O) groups is 1. The average Bonchev–Trinajstić information content (AvgIpc) is 2.58. The SMILES string of the molecule is CCNCC1CCN(C(=O)c2ccc(S(=O)(=O)NC(C)(C)C)cc2)CC1.Cl. The van der Waals surface area contributed by atoms with Gasteiger partial charge >= 0.3 is 0 Å². The molecule has 1 aromatic rings. The summed E-state index contributed by atoms with van der Waals surface area (Å²) < 4.78 is 27.3. The number of amides is 1. The van der Waals surface area contributed by atoms with Crippen molar-refractivity contribution in [1.29, 1.82) is 0 Å². The van der Waals surface area contributed by atoms with Gasteiger partial charge in [0.1, 0.15) is 0 Å². The molecule has 1 aliphatic heterocycles. The predicted octanol–water partition coefficient (Wildman–Crippen LogP) is 2.65. The Morgan fingerprint density at radius 1 is 1.15 bits per heavy atom. The quantitative estimate of drug-likeness (QED) is 0.745. The first-order chi connectivity index (χ1) is 12.1. The summed E-state index contributed by atoms with van der Waals surface area (Å²) in [5.41, 5.74) is -0.0190. The largest absolute Gasteiger partial charge is 0.339 e. The molecule has 6 nitrogen and oxygen atoms in total. The third-order valence-corrected chi connectivity index (χ3v) is 6.21. The van der Waals surface area contributed by atoms with Crippen molar-refractivity contribution in [3.8, 4) is 0 Å². The van der Waals surface area contributed by atoms with E-state index >= 15 is 0 Å². The van der Waals surface area contributed by atoms with Crippen molar-refractivity contribution in [3.63, 3.8) is 0 Å². The van der Waals surface area contributed by atoms with E-state index in [-0.39, 0.29) is 23.2 Å². The Kier molecular flexibility index (Phi) is 8.73. The monoisotopic (exact) mass is 417 g/mol. The maximum absolute atomic E-state index is 12.7. The number of hydrogen-bond donors (Lipinski definition) is 2. The van der Waals surface area contributed by atoms with E-state index in [4.69, 9.17) is 0 Å². The number of nitrogens with one attached hydrogen (secondary N) is 2. The van der Waals surface area contributed by atoms with Crippen LogP contribution in [0.5, 0.6) is 0 Å². The molecule has 0 unspecified atom stereocenters. The van der Waals surface area contributed by atoms with Gasteiger partial charge < -0.3 is 10.2 Å². The van der Waals surface area contributed by atoms with Gasteiger partial charge in [0.25, 0.3) is 5.91 Å². The Bertz CT molecular complexity index is 707. The molecule has 1 amide bonds. The number of piperidine rings is 1. The van der Waals surface area contributed by atoms with Crippen molar-refractivity contribution in [2.45, 2.75) is 51.0 Å². The first kappa shape index (κ1) is 23.9. The molecule has 8 heteroatoms. The number of halogens is 1. The normalized spacial score (nSPS) is 16.1. The highest BCUT2D eigenvalue weighted by Crippen LogP contribution is 2.20. The highest BCUT2D eigenvalue weighted by molar-refractivity contribution is 7.89. The van der Waals surface area contributed by atoms with Crippen LogP contribution in [-0.2, 0) is 10.0 Å². The number of sulfonamides is 1. The minimum atomic E-state index is -3.58. The fourth-order valence-electron chi connectivity index (χ4n) is 3.11. The molecule has 1 heterocycles. The fourth-order valence-corrected chi connectivity index (χ4v) is 4.53. The first-order valence-corrected chi connectivity index (χ1v) is 10.7. The summed E-state index contributed by atoms with van der Waals surface area (Å²) in [5, 5.41) is 3.36. The van der Waals surface area contributed by atoms with E-state index in [0.717, 1.165) is 39.0 Å². The Morgan fingerprint density at radius 2 is 1.70 bits per heavy atom. The van der Waals surface area contributed by atoms with E-state index in [0.29, 0.717) is 11.5 Å². The van der Waals surface area contributed by atoms with Crippen LogP contribution in [0.15, 0.2) is 29.2 Å². The zero-order valence-corrected chi connectivity index (χ0v) is 18.3. The van der Waals surface area contributed by atoms with Crippen LogP contribution < -0.4 is 10.0 Å². The third-order valence-electron chi connectivity index (χ3n) is 4.44. The Labute approximate surface area is 169 Å². The number of rotatable bonds is 6. The summed E-state index contributed by atoms with van der Waals surface area (Å²) in [6.45, 7) is 11.0. The smallest absolute Gasteiger partial charge is 0.253 e. The molecule has 2 rings (SSSR count). The lowest BCUT2D eigenvalue weighted by atomic mass is 9.96. The number of carbonyl (C=O) groups excluding carboxylic acids is 1. The van der Waals surface area contributed by atoms with Crippen LogP contribution in [0.2, 0.25) is 0 Å². The number of hydrogen-bond acceptors (Lipinski definition) is 4. The van der Waals surface area contributed by atoms with E-state index < -0.39 is 15.6 Å². The van der Waals surface area contributed by atoms with E-state index in [1.54, 1.807) is 32.9 Å². The van der Waals surface area contributed by atoms with Crippen LogP contribution in [-0.4, -0.2) is 50.9 Å². The molecule has 0 atom stereocenters. The van der Waals surface area contributed by atoms with Crippen molar-refractivity contribution in [2.24, 2.45) is 5.92 Å². The lowest BCUT2D eigenvalue weighted by Gasteiger charge is -2.32. The lowest BCUT2D eigenvalue weighted by Crippen LogP contribution is -2.41. The van der Waals surface area contributed by atoms with Crippen LogP contribution >= 0.6 is 12.4 Å². The summed E-state index contributed by atoms with van der Waals surface area (Å²) in [6, 6.07) is 6.20. The third kappa shape index (κ3) is 7.07. The standard InChI is InChI=1S/C19H31N3O3S.ClH/c1-5-20-14-15-10-12-22(13-11-15)18(23)16-6-8-17(9-7-16)26(24,25)21-19(2,3)4;/h6-9,15,20-21H,5,10-14H2,1-4H3;1H. The Balaban J connectivity index is 0.00000364. The summed E-state index contributed by atoms with van der Waals surface area (Å²) in [7, 11) is -3.58. The zero-order chi connectivity index (χ0) is 19.4. The van der Waals surface area contributed by atoms with Gasteiger partial charge in [0.05, 0.1) is 4.90 Å². The highest BCUT2D eigenvalue weighted by Gasteiger charge is 2.25. The maximum atomic E-state index is 12.7. The molecular weight excluding hydrogens is 386 g/mol. The Morgan fingerprint density at radius 3 is 2.19 bits per heavy atom. The van der Waals surface area contributed by atoms with Crippen molar-refractivity contribution in [1.82, 2.24) is 14.9 Å². The van der Waals surface area contributed by atoms with Crippen molar-refractivity contribution in [2.75, 3.05) is 26.2 Å². The van der Waals surface area contributed by atoms with Crippen molar-refractivity contribution < 1.29 is 13.2 Å². The van der Waals surface area contributed by atoms with E-state index in [9.17, 15) is 13.2 Å². The molecule has 1 saturated heterocycles. The molecular formula is C19H32ClN3O3S. The van der Waals surface area contributed by atoms with Gasteiger partial charge in [-0.3, -0.25) is 4.79 Å². The molecule has 0 radical (unpaired) electrons. The second-order valence-corrected chi connectivity index (χ2v) is 9.61. The molecule has 154 valence electrons. The summed E-state index contributed by atoms with van der Waals surface area (Å²) >= 11 is 0. The lowest BCUT2D eigenvalue weighted by molar-refractivity contribution is 0.0690. The highest BCUT2D eigenvalue weighted by atomic mass is 35.5.